The first-order chi connectivity index (χ1) is 7.69. The Kier molecular flexibility index (Phi) is 5.37. The van der Waals surface area contributed by atoms with Gasteiger partial charge in [-0.3, -0.25) is 0 Å². The molecule has 0 saturated carbocycles. The zero-order valence-corrected chi connectivity index (χ0v) is 10.8. The quantitative estimate of drug-likeness (QED) is 0.754. The van der Waals surface area contributed by atoms with E-state index in [1.165, 1.54) is 30.4 Å². The van der Waals surface area contributed by atoms with Crippen LogP contribution in [0, 0.1) is 6.92 Å². The van der Waals surface area contributed by atoms with Gasteiger partial charge in [0, 0.05) is 0 Å². The van der Waals surface area contributed by atoms with Crippen molar-refractivity contribution in [3.05, 3.63) is 28.8 Å². The molecule has 0 aromatic heterocycles. The average Bonchev–Trinajstić information content (AvgIpc) is 2.28. The first-order valence-corrected chi connectivity index (χ1v) is 6.50. The van der Waals surface area contributed by atoms with Gasteiger partial charge in [-0.25, -0.2) is 0 Å². The van der Waals surface area contributed by atoms with E-state index in [0.717, 1.165) is 24.8 Å². The molecule has 0 fully saturated rings. The molecule has 1 nitrogen and oxygen atoms in total. The van der Waals surface area contributed by atoms with Gasteiger partial charge in [0.25, 0.3) is 0 Å². The number of hydrogen-bond donors (Lipinski definition) is 1. The van der Waals surface area contributed by atoms with E-state index in [0.29, 0.717) is 5.75 Å². The highest BCUT2D eigenvalue weighted by Gasteiger charge is 2.06. The van der Waals surface area contributed by atoms with E-state index in [9.17, 15) is 5.11 Å². The van der Waals surface area contributed by atoms with Crippen molar-refractivity contribution >= 4 is 0 Å². The number of benzene rings is 1. The molecule has 0 aliphatic heterocycles. The molecular formula is C15H24O. The van der Waals surface area contributed by atoms with Crippen LogP contribution >= 0.6 is 0 Å². The van der Waals surface area contributed by atoms with E-state index >= 15 is 0 Å². The molecule has 0 spiro atoms. The SMILES string of the molecule is CCCCc1cc(O)c(CCCC)cc1C. The molecule has 0 aliphatic carbocycles. The predicted octanol–water partition coefficient (Wildman–Crippen LogP) is 4.39. The second-order valence-corrected chi connectivity index (χ2v) is 4.61. The van der Waals surface area contributed by atoms with Crippen molar-refractivity contribution in [3.8, 4) is 5.75 Å². The first-order valence-electron chi connectivity index (χ1n) is 6.50. The molecule has 1 aromatic carbocycles. The van der Waals surface area contributed by atoms with Crippen molar-refractivity contribution in [1.82, 2.24) is 0 Å². The highest BCUT2D eigenvalue weighted by atomic mass is 16.3. The predicted molar refractivity (Wildman–Crippen MR) is 70.1 cm³/mol. The van der Waals surface area contributed by atoms with Crippen LogP contribution in [0.25, 0.3) is 0 Å². The fourth-order valence-corrected chi connectivity index (χ4v) is 2.00. The lowest BCUT2D eigenvalue weighted by molar-refractivity contribution is 0.465. The van der Waals surface area contributed by atoms with Crippen molar-refractivity contribution in [3.63, 3.8) is 0 Å². The van der Waals surface area contributed by atoms with Gasteiger partial charge in [-0.1, -0.05) is 32.8 Å². The van der Waals surface area contributed by atoms with Gasteiger partial charge in [0.1, 0.15) is 5.75 Å². The number of aryl methyl sites for hydroxylation is 3. The lowest BCUT2D eigenvalue weighted by Crippen LogP contribution is -1.94. The van der Waals surface area contributed by atoms with Gasteiger partial charge in [-0.2, -0.15) is 0 Å². The first kappa shape index (κ1) is 13.1. The van der Waals surface area contributed by atoms with Gasteiger partial charge in [-0.05, 0) is 55.4 Å². The summed E-state index contributed by atoms with van der Waals surface area (Å²) in [5.41, 5.74) is 3.75. The number of phenols is 1. The molecule has 0 saturated heterocycles. The van der Waals surface area contributed by atoms with Gasteiger partial charge < -0.3 is 5.11 Å². The van der Waals surface area contributed by atoms with Crippen LogP contribution < -0.4 is 0 Å². The summed E-state index contributed by atoms with van der Waals surface area (Å²) in [6.07, 6.45) is 6.82. The third kappa shape index (κ3) is 3.55. The minimum absolute atomic E-state index is 0.491. The van der Waals surface area contributed by atoms with E-state index in [1.54, 1.807) is 0 Å². The van der Waals surface area contributed by atoms with E-state index < -0.39 is 0 Å². The Balaban J connectivity index is 2.79. The summed E-state index contributed by atoms with van der Waals surface area (Å²) in [6, 6.07) is 4.13. The van der Waals surface area contributed by atoms with Gasteiger partial charge >= 0.3 is 0 Å². The molecule has 0 bridgehead atoms. The zero-order chi connectivity index (χ0) is 12.0. The second-order valence-electron chi connectivity index (χ2n) is 4.61. The number of aromatic hydroxyl groups is 1. The summed E-state index contributed by atoms with van der Waals surface area (Å²) in [5.74, 6) is 0.491. The van der Waals surface area contributed by atoms with Crippen molar-refractivity contribution in [2.75, 3.05) is 0 Å². The topological polar surface area (TPSA) is 20.2 Å². The van der Waals surface area contributed by atoms with Crippen LogP contribution in [0.3, 0.4) is 0 Å². The molecule has 16 heavy (non-hydrogen) atoms. The summed E-state index contributed by atoms with van der Waals surface area (Å²) in [6.45, 7) is 6.53. The third-order valence-electron chi connectivity index (χ3n) is 3.14. The maximum Gasteiger partial charge on any atom is 0.119 e. The second kappa shape index (κ2) is 6.57. The Morgan fingerprint density at radius 1 is 0.938 bits per heavy atom. The molecule has 0 unspecified atom stereocenters. The maximum atomic E-state index is 9.94. The van der Waals surface area contributed by atoms with Crippen molar-refractivity contribution in [1.29, 1.82) is 0 Å². The maximum absolute atomic E-state index is 9.94. The van der Waals surface area contributed by atoms with Crippen LogP contribution in [-0.2, 0) is 12.8 Å². The van der Waals surface area contributed by atoms with Gasteiger partial charge in [0.2, 0.25) is 0 Å². The standard InChI is InChI=1S/C15H24O/c1-4-6-8-13-11-15(16)14(9-7-5-2)10-12(13)3/h10-11,16H,4-9H2,1-3H3. The number of unbranched alkanes of at least 4 members (excludes halogenated alkanes) is 2. The number of hydrogen-bond acceptors (Lipinski definition) is 1. The summed E-state index contributed by atoms with van der Waals surface area (Å²) in [4.78, 5) is 0. The van der Waals surface area contributed by atoms with Crippen LogP contribution in [-0.4, -0.2) is 5.11 Å². The average molecular weight is 220 g/mol. The van der Waals surface area contributed by atoms with E-state index in [1.807, 2.05) is 6.07 Å². The van der Waals surface area contributed by atoms with E-state index in [4.69, 9.17) is 0 Å². The smallest absolute Gasteiger partial charge is 0.119 e. The highest BCUT2D eigenvalue weighted by molar-refractivity contribution is 5.41. The molecule has 1 N–H and O–H groups in total. The third-order valence-corrected chi connectivity index (χ3v) is 3.14. The molecule has 1 heteroatoms. The summed E-state index contributed by atoms with van der Waals surface area (Å²) in [7, 11) is 0. The Bertz CT molecular complexity index is 295. The molecular weight excluding hydrogens is 196 g/mol. The minimum atomic E-state index is 0.491. The van der Waals surface area contributed by atoms with Crippen molar-refractivity contribution < 1.29 is 5.11 Å². The lowest BCUT2D eigenvalue weighted by Gasteiger charge is -2.10. The largest absolute Gasteiger partial charge is 0.508 e. The monoisotopic (exact) mass is 220 g/mol. The molecule has 1 rings (SSSR count). The fourth-order valence-electron chi connectivity index (χ4n) is 2.00. The van der Waals surface area contributed by atoms with E-state index in [2.05, 4.69) is 26.8 Å². The van der Waals surface area contributed by atoms with Crippen molar-refractivity contribution in [2.24, 2.45) is 0 Å². The number of phenolic OH excluding ortho intramolecular Hbond substituents is 1. The highest BCUT2D eigenvalue weighted by Crippen LogP contribution is 2.25. The molecule has 0 amide bonds. The fraction of sp³-hybridized carbons (Fsp3) is 0.600. The number of rotatable bonds is 6. The van der Waals surface area contributed by atoms with Crippen LogP contribution in [0.15, 0.2) is 12.1 Å². The van der Waals surface area contributed by atoms with Crippen LogP contribution in [0.2, 0.25) is 0 Å². The Morgan fingerprint density at radius 3 is 2.06 bits per heavy atom. The van der Waals surface area contributed by atoms with Crippen molar-refractivity contribution in [2.45, 2.75) is 59.3 Å². The molecule has 1 aromatic rings. The summed E-state index contributed by atoms with van der Waals surface area (Å²) < 4.78 is 0. The Labute approximate surface area is 99.5 Å². The normalized spacial score (nSPS) is 10.7. The summed E-state index contributed by atoms with van der Waals surface area (Å²) >= 11 is 0. The van der Waals surface area contributed by atoms with E-state index in [-0.39, 0.29) is 0 Å². The van der Waals surface area contributed by atoms with Gasteiger partial charge in [-0.15, -0.1) is 0 Å². The lowest BCUT2D eigenvalue weighted by atomic mass is 9.97. The van der Waals surface area contributed by atoms with Gasteiger partial charge in [0.05, 0.1) is 0 Å². The Morgan fingerprint density at radius 2 is 1.50 bits per heavy atom. The summed E-state index contributed by atoms with van der Waals surface area (Å²) in [5, 5.41) is 9.94. The molecule has 0 heterocycles. The Hall–Kier alpha value is -0.980. The molecule has 0 atom stereocenters. The molecule has 90 valence electrons. The molecule has 0 aliphatic rings. The minimum Gasteiger partial charge on any atom is -0.508 e. The van der Waals surface area contributed by atoms with Crippen LogP contribution in [0.1, 0.15) is 56.2 Å². The zero-order valence-electron chi connectivity index (χ0n) is 10.8. The van der Waals surface area contributed by atoms with Crippen LogP contribution in [0.4, 0.5) is 0 Å². The van der Waals surface area contributed by atoms with Crippen LogP contribution in [0.5, 0.6) is 5.75 Å². The van der Waals surface area contributed by atoms with Gasteiger partial charge in [0.15, 0.2) is 0 Å². The molecule has 0 radical (unpaired) electrons.